The van der Waals surface area contributed by atoms with Gasteiger partial charge in [-0.3, -0.25) is 9.59 Å². The van der Waals surface area contributed by atoms with Crippen molar-refractivity contribution in [2.24, 2.45) is 10.8 Å². The summed E-state index contributed by atoms with van der Waals surface area (Å²) in [5, 5.41) is 0. The van der Waals surface area contributed by atoms with Gasteiger partial charge in [0.2, 0.25) is 0 Å². The first kappa shape index (κ1) is 16.0. The van der Waals surface area contributed by atoms with Gasteiger partial charge in [-0.05, 0) is 44.4 Å². The number of benzene rings is 1. The molecule has 1 aliphatic heterocycles. The van der Waals surface area contributed by atoms with E-state index in [1.165, 1.54) is 0 Å². The minimum atomic E-state index is -0.912. The Kier molecular flexibility index (Phi) is 3.95. The van der Waals surface area contributed by atoms with Gasteiger partial charge in [-0.15, -0.1) is 0 Å². The molecule has 2 aliphatic rings. The minimum absolute atomic E-state index is 0.0433. The molecule has 1 aliphatic carbocycles. The van der Waals surface area contributed by atoms with E-state index in [-0.39, 0.29) is 11.8 Å². The molecule has 4 heteroatoms. The number of carbonyl (C=O) groups excluding carboxylic acids is 2. The van der Waals surface area contributed by atoms with Gasteiger partial charge in [-0.2, -0.15) is 0 Å². The number of carbonyl (C=O) groups is 2. The predicted octanol–water partition coefficient (Wildman–Crippen LogP) is 3.84. The van der Waals surface area contributed by atoms with E-state index in [1.807, 2.05) is 38.1 Å². The van der Waals surface area contributed by atoms with Crippen LogP contribution < -0.4 is 4.74 Å². The zero-order valence-corrected chi connectivity index (χ0v) is 14.1. The lowest BCUT2D eigenvalue weighted by molar-refractivity contribution is -0.192. The van der Waals surface area contributed by atoms with Crippen LogP contribution in [-0.2, 0) is 14.3 Å². The Hall–Kier alpha value is -1.84. The van der Waals surface area contributed by atoms with Crippen molar-refractivity contribution in [1.29, 1.82) is 0 Å². The van der Waals surface area contributed by atoms with Gasteiger partial charge in [0, 0.05) is 0 Å². The fourth-order valence-electron chi connectivity index (χ4n) is 4.05. The highest BCUT2D eigenvalue weighted by Crippen LogP contribution is 2.53. The molecule has 1 saturated heterocycles. The summed E-state index contributed by atoms with van der Waals surface area (Å²) in [5.41, 5.74) is -0.798. The maximum Gasteiger partial charge on any atom is 0.320 e. The molecule has 1 saturated carbocycles. The summed E-state index contributed by atoms with van der Waals surface area (Å²) in [6.45, 7) is 3.79. The summed E-state index contributed by atoms with van der Waals surface area (Å²) in [6.07, 6.45) is 3.65. The molecule has 0 aromatic heterocycles. The lowest BCUT2D eigenvalue weighted by Gasteiger charge is -2.47. The van der Waals surface area contributed by atoms with Crippen LogP contribution in [0.1, 0.15) is 57.6 Å². The Bertz CT molecular complexity index is 609. The zero-order valence-electron chi connectivity index (χ0n) is 14.1. The van der Waals surface area contributed by atoms with Gasteiger partial charge in [0.1, 0.15) is 17.3 Å². The summed E-state index contributed by atoms with van der Waals surface area (Å²) in [5.74, 6) is 0.452. The van der Waals surface area contributed by atoms with Crippen LogP contribution in [-0.4, -0.2) is 18.9 Å². The standard InChI is InChI=1S/C19H24O4/c1-18(2)15(13-7-9-14(22-3)10-8-13)23-17(21)19(16(18)20)11-5-4-6-12-19/h7-10,15H,4-6,11-12H2,1-3H3. The lowest BCUT2D eigenvalue weighted by atomic mass is 9.60. The van der Waals surface area contributed by atoms with Crippen LogP contribution in [0, 0.1) is 10.8 Å². The molecular formula is C19H24O4. The van der Waals surface area contributed by atoms with Crippen molar-refractivity contribution in [1.82, 2.24) is 0 Å². The second-order valence-electron chi connectivity index (χ2n) is 7.25. The van der Waals surface area contributed by atoms with Gasteiger partial charge < -0.3 is 9.47 Å². The normalized spacial score (nSPS) is 26.0. The summed E-state index contributed by atoms with van der Waals surface area (Å²) in [7, 11) is 1.61. The van der Waals surface area contributed by atoms with E-state index in [0.29, 0.717) is 12.8 Å². The van der Waals surface area contributed by atoms with Crippen LogP contribution in [0.4, 0.5) is 0 Å². The first-order valence-electron chi connectivity index (χ1n) is 8.32. The third kappa shape index (κ3) is 2.44. The molecule has 4 nitrogen and oxygen atoms in total. The van der Waals surface area contributed by atoms with E-state index >= 15 is 0 Å². The Balaban J connectivity index is 1.95. The number of ketones is 1. The smallest absolute Gasteiger partial charge is 0.320 e. The minimum Gasteiger partial charge on any atom is -0.497 e. The molecule has 0 amide bonds. The molecule has 1 atom stereocenters. The SMILES string of the molecule is COc1ccc(C2OC(=O)C3(CCCCC3)C(=O)C2(C)C)cc1. The number of hydrogen-bond acceptors (Lipinski definition) is 4. The maximum absolute atomic E-state index is 13.2. The van der Waals surface area contributed by atoms with Gasteiger partial charge in [0.15, 0.2) is 5.78 Å². The highest BCUT2D eigenvalue weighted by molar-refractivity contribution is 6.08. The van der Waals surface area contributed by atoms with Crippen molar-refractivity contribution < 1.29 is 19.1 Å². The largest absolute Gasteiger partial charge is 0.497 e. The molecule has 124 valence electrons. The van der Waals surface area contributed by atoms with Crippen molar-refractivity contribution in [2.45, 2.75) is 52.1 Å². The predicted molar refractivity (Wildman–Crippen MR) is 86.1 cm³/mol. The topological polar surface area (TPSA) is 52.6 Å². The van der Waals surface area contributed by atoms with E-state index < -0.39 is 16.9 Å². The van der Waals surface area contributed by atoms with Gasteiger partial charge in [0.25, 0.3) is 0 Å². The van der Waals surface area contributed by atoms with Crippen LogP contribution in [0.15, 0.2) is 24.3 Å². The van der Waals surface area contributed by atoms with E-state index in [2.05, 4.69) is 0 Å². The van der Waals surface area contributed by atoms with Gasteiger partial charge in [-0.1, -0.05) is 31.4 Å². The number of esters is 1. The van der Waals surface area contributed by atoms with Crippen LogP contribution in [0.25, 0.3) is 0 Å². The fourth-order valence-corrected chi connectivity index (χ4v) is 4.05. The van der Waals surface area contributed by atoms with Crippen molar-refractivity contribution in [3.8, 4) is 5.75 Å². The number of Topliss-reactive ketones (excluding diaryl/α,β-unsaturated/α-hetero) is 1. The summed E-state index contributed by atoms with van der Waals surface area (Å²) in [4.78, 5) is 25.9. The molecule has 0 N–H and O–H groups in total. The lowest BCUT2D eigenvalue weighted by Crippen LogP contribution is -2.55. The van der Waals surface area contributed by atoms with Gasteiger partial charge >= 0.3 is 5.97 Å². The number of ether oxygens (including phenoxy) is 2. The maximum atomic E-state index is 13.2. The quantitative estimate of drug-likeness (QED) is 0.614. The third-order valence-corrected chi connectivity index (χ3v) is 5.42. The second kappa shape index (κ2) is 5.66. The third-order valence-electron chi connectivity index (χ3n) is 5.42. The van der Waals surface area contributed by atoms with Crippen molar-refractivity contribution in [3.05, 3.63) is 29.8 Å². The van der Waals surface area contributed by atoms with E-state index in [1.54, 1.807) is 7.11 Å². The molecule has 3 rings (SSSR count). The molecule has 0 radical (unpaired) electrons. The van der Waals surface area contributed by atoms with E-state index in [4.69, 9.17) is 9.47 Å². The van der Waals surface area contributed by atoms with Crippen molar-refractivity contribution in [2.75, 3.05) is 7.11 Å². The summed E-state index contributed by atoms with van der Waals surface area (Å²) < 4.78 is 11.0. The van der Waals surface area contributed by atoms with Gasteiger partial charge in [-0.25, -0.2) is 0 Å². The summed E-state index contributed by atoms with van der Waals surface area (Å²) in [6, 6.07) is 7.39. The molecule has 1 heterocycles. The molecule has 1 spiro atoms. The van der Waals surface area contributed by atoms with E-state index in [9.17, 15) is 9.59 Å². The molecule has 0 bridgehead atoms. The first-order valence-corrected chi connectivity index (χ1v) is 8.32. The van der Waals surface area contributed by atoms with Crippen LogP contribution in [0.3, 0.4) is 0 Å². The monoisotopic (exact) mass is 316 g/mol. The molecule has 23 heavy (non-hydrogen) atoms. The van der Waals surface area contributed by atoms with Crippen LogP contribution >= 0.6 is 0 Å². The Morgan fingerprint density at radius 1 is 1.04 bits per heavy atom. The summed E-state index contributed by atoms with van der Waals surface area (Å²) >= 11 is 0. The Labute approximate surface area is 137 Å². The van der Waals surface area contributed by atoms with E-state index in [0.717, 1.165) is 30.6 Å². The van der Waals surface area contributed by atoms with Crippen LogP contribution in [0.5, 0.6) is 5.75 Å². The zero-order chi connectivity index (χ0) is 16.7. The molecule has 1 unspecified atom stereocenters. The van der Waals surface area contributed by atoms with Crippen molar-refractivity contribution in [3.63, 3.8) is 0 Å². The number of hydrogen-bond donors (Lipinski definition) is 0. The molecule has 2 fully saturated rings. The average molecular weight is 316 g/mol. The van der Waals surface area contributed by atoms with Crippen LogP contribution in [0.2, 0.25) is 0 Å². The highest BCUT2D eigenvalue weighted by atomic mass is 16.5. The van der Waals surface area contributed by atoms with Gasteiger partial charge in [0.05, 0.1) is 12.5 Å². The highest BCUT2D eigenvalue weighted by Gasteiger charge is 2.60. The number of rotatable bonds is 2. The molecular weight excluding hydrogens is 292 g/mol. The molecule has 1 aromatic carbocycles. The Morgan fingerprint density at radius 2 is 1.65 bits per heavy atom. The van der Waals surface area contributed by atoms with Crippen molar-refractivity contribution >= 4 is 11.8 Å². The number of methoxy groups -OCH3 is 1. The second-order valence-corrected chi connectivity index (χ2v) is 7.25. The number of cyclic esters (lactones) is 1. The molecule has 1 aromatic rings. The first-order chi connectivity index (χ1) is 10.9. The average Bonchev–Trinajstić information content (AvgIpc) is 2.58. The Morgan fingerprint density at radius 3 is 2.22 bits per heavy atom. The fraction of sp³-hybridized carbons (Fsp3) is 0.579.